The van der Waals surface area contributed by atoms with E-state index in [2.05, 4.69) is 4.99 Å². The number of halogens is 3. The lowest BCUT2D eigenvalue weighted by Crippen LogP contribution is -2.41. The van der Waals surface area contributed by atoms with E-state index in [1.165, 1.54) is 14.0 Å². The number of benzene rings is 3. The third-order valence-electron chi connectivity index (χ3n) is 6.88. The third-order valence-corrected chi connectivity index (χ3v) is 7.87. The number of allylic oxidation sites excluding steroid dienone is 1. The Morgan fingerprint density at radius 1 is 0.977 bits per heavy atom. The molecule has 3 aromatic carbocycles. The molecule has 12 heteroatoms. The predicted molar refractivity (Wildman–Crippen MR) is 160 cm³/mol. The molecule has 44 heavy (non-hydrogen) atoms. The molecule has 1 aliphatic rings. The molecule has 8 nitrogen and oxygen atoms in total. The molecule has 0 fully saturated rings. The van der Waals surface area contributed by atoms with Crippen LogP contribution in [-0.4, -0.2) is 43.6 Å². The highest BCUT2D eigenvalue weighted by Gasteiger charge is 2.46. The van der Waals surface area contributed by atoms with Crippen LogP contribution in [0.4, 0.5) is 13.2 Å². The fraction of sp³-hybridized carbons (Fsp3) is 0.281. The lowest BCUT2D eigenvalue weighted by atomic mass is 9.90. The first-order valence-electron chi connectivity index (χ1n) is 13.9. The van der Waals surface area contributed by atoms with Gasteiger partial charge >= 0.3 is 12.1 Å². The van der Waals surface area contributed by atoms with Crippen LogP contribution >= 0.6 is 11.3 Å². The lowest BCUT2D eigenvalue weighted by molar-refractivity contribution is -0.140. The highest BCUT2D eigenvalue weighted by atomic mass is 32.1. The Kier molecular flexibility index (Phi) is 8.82. The van der Waals surface area contributed by atoms with Crippen LogP contribution in [0.1, 0.15) is 37.9 Å². The van der Waals surface area contributed by atoms with Crippen molar-refractivity contribution in [2.45, 2.75) is 33.0 Å². The van der Waals surface area contributed by atoms with E-state index in [0.717, 1.165) is 15.9 Å². The second kappa shape index (κ2) is 12.6. The minimum absolute atomic E-state index is 0.103. The number of ether oxygens (including phenoxy) is 4. The molecule has 0 bridgehead atoms. The topological polar surface area (TPSA) is 88.4 Å². The number of hydrogen-bond acceptors (Lipinski definition) is 8. The van der Waals surface area contributed by atoms with Crippen molar-refractivity contribution in [3.8, 4) is 17.2 Å². The Bertz CT molecular complexity index is 1940. The van der Waals surface area contributed by atoms with Crippen molar-refractivity contribution >= 4 is 34.2 Å². The number of rotatable bonds is 9. The zero-order valence-corrected chi connectivity index (χ0v) is 25.2. The summed E-state index contributed by atoms with van der Waals surface area (Å²) < 4.78 is 67.2. The second-order valence-electron chi connectivity index (χ2n) is 9.54. The molecule has 1 aromatic heterocycles. The number of alkyl halides is 3. The quantitative estimate of drug-likeness (QED) is 0.235. The Balaban J connectivity index is 1.85. The largest absolute Gasteiger partial charge is 0.496 e. The highest BCUT2D eigenvalue weighted by Crippen LogP contribution is 2.43. The van der Waals surface area contributed by atoms with Crippen molar-refractivity contribution in [2.24, 2.45) is 4.99 Å². The Labute approximate surface area is 254 Å². The summed E-state index contributed by atoms with van der Waals surface area (Å²) in [4.78, 5) is 31.1. The van der Waals surface area contributed by atoms with Gasteiger partial charge in [0.2, 0.25) is 0 Å². The van der Waals surface area contributed by atoms with E-state index in [1.807, 2.05) is 13.8 Å². The molecule has 230 valence electrons. The smallest absolute Gasteiger partial charge is 0.434 e. The minimum Gasteiger partial charge on any atom is -0.496 e. The van der Waals surface area contributed by atoms with E-state index >= 15 is 0 Å². The zero-order chi connectivity index (χ0) is 31.6. The molecule has 0 saturated carbocycles. The molecule has 4 aromatic rings. The van der Waals surface area contributed by atoms with Gasteiger partial charge in [-0.15, -0.1) is 0 Å². The maximum atomic E-state index is 14.6. The first-order valence-corrected chi connectivity index (χ1v) is 14.7. The average Bonchev–Trinajstić information content (AvgIpc) is 3.31. The number of carbonyl (C=O) groups excluding carboxylic acids is 1. The molecule has 1 atom stereocenters. The first-order chi connectivity index (χ1) is 21.1. The molecule has 0 spiro atoms. The van der Waals surface area contributed by atoms with E-state index < -0.39 is 35.0 Å². The highest BCUT2D eigenvalue weighted by molar-refractivity contribution is 7.07. The molecule has 0 radical (unpaired) electrons. The summed E-state index contributed by atoms with van der Waals surface area (Å²) in [7, 11) is 1.37. The number of nitrogens with zero attached hydrogens (tertiary/aromatic N) is 2. The van der Waals surface area contributed by atoms with Crippen molar-refractivity contribution in [3.63, 3.8) is 0 Å². The SMILES string of the molecule is CCOC(=O)C1=C(C(F)(F)F)N=c2s/c(=C\c3ccc(OCC)c(OCC)c3)c(=O)n2[C@@H]1c1c(OC)ccc2ccccc12. The predicted octanol–water partition coefficient (Wildman–Crippen LogP) is 5.30. The van der Waals surface area contributed by atoms with E-state index in [4.69, 9.17) is 18.9 Å². The number of methoxy groups -OCH3 is 1. The van der Waals surface area contributed by atoms with Gasteiger partial charge in [-0.2, -0.15) is 13.2 Å². The number of esters is 1. The summed E-state index contributed by atoms with van der Waals surface area (Å²) >= 11 is 0.784. The monoisotopic (exact) mass is 626 g/mol. The molecule has 5 rings (SSSR count). The van der Waals surface area contributed by atoms with Crippen molar-refractivity contribution in [3.05, 3.63) is 96.7 Å². The van der Waals surface area contributed by atoms with Crippen LogP contribution in [-0.2, 0) is 9.53 Å². The van der Waals surface area contributed by atoms with Crippen LogP contribution in [0.5, 0.6) is 17.2 Å². The van der Waals surface area contributed by atoms with Crippen LogP contribution in [0, 0.1) is 0 Å². The number of carbonyl (C=O) groups is 1. The normalized spacial score (nSPS) is 15.2. The molecule has 0 amide bonds. The molecule has 0 aliphatic carbocycles. The molecule has 2 heterocycles. The summed E-state index contributed by atoms with van der Waals surface area (Å²) in [5.74, 6) is -0.0600. The van der Waals surface area contributed by atoms with Crippen LogP contribution in [0.3, 0.4) is 0 Å². The van der Waals surface area contributed by atoms with Crippen molar-refractivity contribution in [2.75, 3.05) is 26.9 Å². The van der Waals surface area contributed by atoms with Gasteiger partial charge in [-0.3, -0.25) is 9.36 Å². The minimum atomic E-state index is -5.03. The number of thiazole rings is 1. The number of fused-ring (bicyclic) bond motifs is 2. The summed E-state index contributed by atoms with van der Waals surface area (Å²) in [6.45, 7) is 5.75. The zero-order valence-electron chi connectivity index (χ0n) is 24.4. The molecular formula is C32H29F3N2O6S. The standard InChI is InChI=1S/C32H29F3N2O6S/c1-5-41-21-14-12-18(16-23(21)42-6-2)17-24-29(38)37-27(25-20-11-9-8-10-19(20)13-15-22(25)40-4)26(30(39)43-7-3)28(32(33,34)35)36-31(37)44-24/h8-17,27H,5-7H2,1-4H3/b24-17-/t27-/m1/s1. The van der Waals surface area contributed by atoms with Gasteiger partial charge in [0.15, 0.2) is 22.0 Å². The summed E-state index contributed by atoms with van der Waals surface area (Å²) in [5.41, 5.74) is -2.10. The average molecular weight is 627 g/mol. The number of hydrogen-bond donors (Lipinski definition) is 0. The van der Waals surface area contributed by atoms with Crippen molar-refractivity contribution in [1.29, 1.82) is 0 Å². The van der Waals surface area contributed by atoms with Gasteiger partial charge in [0.05, 0.1) is 37.0 Å². The van der Waals surface area contributed by atoms with Gasteiger partial charge in [-0.25, -0.2) is 9.79 Å². The van der Waals surface area contributed by atoms with E-state index in [9.17, 15) is 22.8 Å². The van der Waals surface area contributed by atoms with Crippen molar-refractivity contribution < 1.29 is 36.9 Å². The molecule has 1 aliphatic heterocycles. The lowest BCUT2D eigenvalue weighted by Gasteiger charge is -2.28. The molecule has 0 N–H and O–H groups in total. The third kappa shape index (κ3) is 5.69. The fourth-order valence-corrected chi connectivity index (χ4v) is 6.16. The van der Waals surface area contributed by atoms with Gasteiger partial charge in [0, 0.05) is 5.56 Å². The maximum Gasteiger partial charge on any atom is 0.434 e. The van der Waals surface area contributed by atoms with Gasteiger partial charge in [-0.1, -0.05) is 47.7 Å². The molecule has 0 saturated heterocycles. The van der Waals surface area contributed by atoms with Gasteiger partial charge in [-0.05, 0) is 61.4 Å². The van der Waals surface area contributed by atoms with Crippen molar-refractivity contribution in [1.82, 2.24) is 4.57 Å². The van der Waals surface area contributed by atoms with Crippen LogP contribution in [0.15, 0.2) is 75.7 Å². The van der Waals surface area contributed by atoms with Crippen LogP contribution in [0.25, 0.3) is 16.8 Å². The number of aromatic nitrogens is 1. The summed E-state index contributed by atoms with van der Waals surface area (Å²) in [6, 6.07) is 13.9. The van der Waals surface area contributed by atoms with E-state index in [1.54, 1.807) is 60.7 Å². The van der Waals surface area contributed by atoms with E-state index in [0.29, 0.717) is 41.0 Å². The molecular weight excluding hydrogens is 597 g/mol. The Morgan fingerprint density at radius 2 is 1.68 bits per heavy atom. The van der Waals surface area contributed by atoms with Gasteiger partial charge < -0.3 is 18.9 Å². The Hall–Kier alpha value is -4.58. The second-order valence-corrected chi connectivity index (χ2v) is 10.5. The summed E-state index contributed by atoms with van der Waals surface area (Å²) in [5, 5.41) is 1.18. The Morgan fingerprint density at radius 3 is 2.36 bits per heavy atom. The fourth-order valence-electron chi connectivity index (χ4n) is 5.16. The van der Waals surface area contributed by atoms with Crippen LogP contribution < -0.4 is 29.1 Å². The van der Waals surface area contributed by atoms with Crippen LogP contribution in [0.2, 0.25) is 0 Å². The maximum absolute atomic E-state index is 14.6. The first kappa shape index (κ1) is 30.9. The van der Waals surface area contributed by atoms with Gasteiger partial charge in [0.1, 0.15) is 11.8 Å². The van der Waals surface area contributed by atoms with Gasteiger partial charge in [0.25, 0.3) is 5.56 Å². The summed E-state index contributed by atoms with van der Waals surface area (Å²) in [6.07, 6.45) is -3.49. The van der Waals surface area contributed by atoms with E-state index in [-0.39, 0.29) is 27.3 Å². The molecule has 0 unspecified atom stereocenters.